The van der Waals surface area contributed by atoms with Crippen molar-refractivity contribution in [1.29, 1.82) is 0 Å². The molecule has 0 amide bonds. The zero-order chi connectivity index (χ0) is 13.6. The fraction of sp³-hybridized carbons (Fsp3) is 0.500. The van der Waals surface area contributed by atoms with Gasteiger partial charge >= 0.3 is 0 Å². The first-order valence-corrected chi connectivity index (χ1v) is 6.23. The van der Waals surface area contributed by atoms with Gasteiger partial charge in [-0.1, -0.05) is 44.2 Å². The molecule has 0 radical (unpaired) electrons. The summed E-state index contributed by atoms with van der Waals surface area (Å²) in [4.78, 5) is 4.18. The van der Waals surface area contributed by atoms with Gasteiger partial charge in [0.15, 0.2) is 5.96 Å². The van der Waals surface area contributed by atoms with Crippen LogP contribution < -0.4 is 11.1 Å². The zero-order valence-corrected chi connectivity index (χ0v) is 11.4. The van der Waals surface area contributed by atoms with E-state index in [-0.39, 0.29) is 6.54 Å². The van der Waals surface area contributed by atoms with E-state index in [0.29, 0.717) is 11.9 Å². The third-order valence-corrected chi connectivity index (χ3v) is 2.64. The van der Waals surface area contributed by atoms with Crippen LogP contribution in [0.5, 0.6) is 0 Å². The Balaban J connectivity index is 2.58. The standard InChI is InChI=1S/C14H23N3O/c1-11(2)9-16-13(15)17-10-14(3,18)12-7-5-4-6-8-12/h4-8,11,18H,9-10H2,1-3H3,(H3,15,16,17). The Bertz CT molecular complexity index is 385. The third-order valence-electron chi connectivity index (χ3n) is 2.64. The summed E-state index contributed by atoms with van der Waals surface area (Å²) in [5.74, 6) is 0.883. The van der Waals surface area contributed by atoms with Gasteiger partial charge in [-0.25, -0.2) is 0 Å². The molecule has 0 aromatic heterocycles. The Labute approximate surface area is 109 Å². The maximum Gasteiger partial charge on any atom is 0.188 e. The van der Waals surface area contributed by atoms with Crippen molar-refractivity contribution in [2.45, 2.75) is 26.4 Å². The van der Waals surface area contributed by atoms with Crippen molar-refractivity contribution in [3.05, 3.63) is 35.9 Å². The zero-order valence-electron chi connectivity index (χ0n) is 11.4. The van der Waals surface area contributed by atoms with Crippen molar-refractivity contribution >= 4 is 5.96 Å². The average molecular weight is 249 g/mol. The first kappa shape index (κ1) is 14.5. The number of aliphatic hydroxyl groups is 1. The minimum atomic E-state index is -0.995. The van der Waals surface area contributed by atoms with Gasteiger partial charge in [0, 0.05) is 6.54 Å². The minimum absolute atomic E-state index is 0.244. The van der Waals surface area contributed by atoms with E-state index in [1.807, 2.05) is 30.3 Å². The third kappa shape index (κ3) is 4.75. The summed E-state index contributed by atoms with van der Waals surface area (Å²) in [6.07, 6.45) is 0. The maximum absolute atomic E-state index is 10.3. The Morgan fingerprint density at radius 1 is 1.39 bits per heavy atom. The number of nitrogens with two attached hydrogens (primary N) is 1. The molecule has 1 rings (SSSR count). The summed E-state index contributed by atoms with van der Waals surface area (Å²) in [6.45, 7) is 6.96. The SMILES string of the molecule is CC(C)CNC(N)=NCC(C)(O)c1ccccc1. The lowest BCUT2D eigenvalue weighted by molar-refractivity contribution is 0.0673. The molecule has 0 bridgehead atoms. The van der Waals surface area contributed by atoms with Gasteiger partial charge in [0.2, 0.25) is 0 Å². The maximum atomic E-state index is 10.3. The number of benzene rings is 1. The predicted molar refractivity (Wildman–Crippen MR) is 75.3 cm³/mol. The summed E-state index contributed by atoms with van der Waals surface area (Å²) in [6, 6.07) is 9.48. The van der Waals surface area contributed by atoms with Crippen LogP contribution in [0.2, 0.25) is 0 Å². The fourth-order valence-electron chi connectivity index (χ4n) is 1.49. The topological polar surface area (TPSA) is 70.6 Å². The van der Waals surface area contributed by atoms with Gasteiger partial charge in [0.1, 0.15) is 5.60 Å². The van der Waals surface area contributed by atoms with Crippen LogP contribution in [0.25, 0.3) is 0 Å². The second kappa shape index (κ2) is 6.40. The van der Waals surface area contributed by atoms with E-state index in [1.54, 1.807) is 6.92 Å². The molecular weight excluding hydrogens is 226 g/mol. The molecule has 4 N–H and O–H groups in total. The number of nitrogens with one attached hydrogen (secondary N) is 1. The van der Waals surface area contributed by atoms with Crippen LogP contribution in [0, 0.1) is 5.92 Å². The molecule has 0 saturated carbocycles. The predicted octanol–water partition coefficient (Wildman–Crippen LogP) is 1.45. The molecule has 0 saturated heterocycles. The number of nitrogens with zero attached hydrogens (tertiary/aromatic N) is 1. The van der Waals surface area contributed by atoms with Crippen LogP contribution in [0.1, 0.15) is 26.3 Å². The molecule has 1 unspecified atom stereocenters. The lowest BCUT2D eigenvalue weighted by atomic mass is 9.96. The summed E-state index contributed by atoms with van der Waals surface area (Å²) in [5, 5.41) is 13.3. The van der Waals surface area contributed by atoms with Crippen molar-refractivity contribution in [3.63, 3.8) is 0 Å². The van der Waals surface area contributed by atoms with Crippen LogP contribution in [0.15, 0.2) is 35.3 Å². The molecule has 0 aliphatic carbocycles. The lowest BCUT2D eigenvalue weighted by Crippen LogP contribution is -2.36. The minimum Gasteiger partial charge on any atom is -0.384 e. The number of aliphatic imine (C=N–C) groups is 1. The van der Waals surface area contributed by atoms with Crippen molar-refractivity contribution in [2.24, 2.45) is 16.6 Å². The summed E-state index contributed by atoms with van der Waals surface area (Å²) < 4.78 is 0. The highest BCUT2D eigenvalue weighted by molar-refractivity contribution is 5.77. The van der Waals surface area contributed by atoms with E-state index in [0.717, 1.165) is 12.1 Å². The van der Waals surface area contributed by atoms with Gasteiger partial charge in [0.25, 0.3) is 0 Å². The Morgan fingerprint density at radius 2 is 2.00 bits per heavy atom. The van der Waals surface area contributed by atoms with E-state index in [4.69, 9.17) is 5.73 Å². The number of hydrogen-bond acceptors (Lipinski definition) is 2. The summed E-state index contributed by atoms with van der Waals surface area (Å²) in [5.41, 5.74) is 5.58. The van der Waals surface area contributed by atoms with Crippen molar-refractivity contribution in [3.8, 4) is 0 Å². The van der Waals surface area contributed by atoms with E-state index in [2.05, 4.69) is 24.2 Å². The molecule has 100 valence electrons. The second-order valence-electron chi connectivity index (χ2n) is 5.12. The molecule has 4 nitrogen and oxygen atoms in total. The fourth-order valence-corrected chi connectivity index (χ4v) is 1.49. The smallest absolute Gasteiger partial charge is 0.188 e. The Kier molecular flexibility index (Phi) is 5.16. The van der Waals surface area contributed by atoms with Crippen LogP contribution in [0.3, 0.4) is 0 Å². The first-order chi connectivity index (χ1) is 8.42. The van der Waals surface area contributed by atoms with Gasteiger partial charge in [-0.3, -0.25) is 4.99 Å². The molecule has 0 fully saturated rings. The molecule has 18 heavy (non-hydrogen) atoms. The van der Waals surface area contributed by atoms with Gasteiger partial charge < -0.3 is 16.2 Å². The van der Waals surface area contributed by atoms with Crippen molar-refractivity contribution < 1.29 is 5.11 Å². The number of guanidine groups is 1. The molecule has 0 spiro atoms. The lowest BCUT2D eigenvalue weighted by Gasteiger charge is -2.22. The molecule has 1 aromatic carbocycles. The summed E-state index contributed by atoms with van der Waals surface area (Å²) >= 11 is 0. The molecule has 1 aromatic rings. The molecular formula is C14H23N3O. The highest BCUT2D eigenvalue weighted by Gasteiger charge is 2.22. The molecule has 4 heteroatoms. The Hall–Kier alpha value is -1.55. The summed E-state index contributed by atoms with van der Waals surface area (Å²) in [7, 11) is 0. The molecule has 0 heterocycles. The van der Waals surface area contributed by atoms with E-state index < -0.39 is 5.60 Å². The normalized spacial score (nSPS) is 15.5. The second-order valence-corrected chi connectivity index (χ2v) is 5.12. The highest BCUT2D eigenvalue weighted by atomic mass is 16.3. The van der Waals surface area contributed by atoms with Crippen LogP contribution >= 0.6 is 0 Å². The van der Waals surface area contributed by atoms with E-state index in [9.17, 15) is 5.11 Å². The van der Waals surface area contributed by atoms with Gasteiger partial charge in [0.05, 0.1) is 6.54 Å². The monoisotopic (exact) mass is 249 g/mol. The van der Waals surface area contributed by atoms with Gasteiger partial charge in [-0.15, -0.1) is 0 Å². The van der Waals surface area contributed by atoms with E-state index in [1.165, 1.54) is 0 Å². The Morgan fingerprint density at radius 3 is 2.56 bits per heavy atom. The van der Waals surface area contributed by atoms with Crippen LogP contribution in [0.4, 0.5) is 0 Å². The molecule has 0 aliphatic heterocycles. The quantitative estimate of drug-likeness (QED) is 0.546. The van der Waals surface area contributed by atoms with Crippen LogP contribution in [-0.4, -0.2) is 24.2 Å². The van der Waals surface area contributed by atoms with Crippen molar-refractivity contribution in [1.82, 2.24) is 5.32 Å². The van der Waals surface area contributed by atoms with Crippen molar-refractivity contribution in [2.75, 3.05) is 13.1 Å². The molecule has 0 aliphatic rings. The number of rotatable bonds is 5. The number of hydrogen-bond donors (Lipinski definition) is 3. The highest BCUT2D eigenvalue weighted by Crippen LogP contribution is 2.20. The van der Waals surface area contributed by atoms with Crippen LogP contribution in [-0.2, 0) is 5.60 Å². The molecule has 1 atom stereocenters. The first-order valence-electron chi connectivity index (χ1n) is 6.23. The largest absolute Gasteiger partial charge is 0.384 e. The van der Waals surface area contributed by atoms with Gasteiger partial charge in [-0.05, 0) is 18.4 Å². The van der Waals surface area contributed by atoms with Gasteiger partial charge in [-0.2, -0.15) is 0 Å². The average Bonchev–Trinajstić information content (AvgIpc) is 2.35. The van der Waals surface area contributed by atoms with E-state index >= 15 is 0 Å².